The van der Waals surface area contributed by atoms with Crippen LogP contribution >= 0.6 is 0 Å². The fourth-order valence-electron chi connectivity index (χ4n) is 3.42. The van der Waals surface area contributed by atoms with Crippen LogP contribution in [0, 0.1) is 10.8 Å². The molecule has 0 aromatic heterocycles. The average molecular weight is 324 g/mol. The van der Waals surface area contributed by atoms with E-state index in [1.807, 2.05) is 19.1 Å². The standard InChI is InChI=1S/C12H18N2O2.C5H14N2/c1-11(2)4-10(14-9-16)5-12(3,6-11)7-13-8-15;1-4-5-6-7(2)3/h10H,4-7H2,1-3H3;6H,4-5H2,1-3H3. The highest BCUT2D eigenvalue weighted by Crippen LogP contribution is 2.47. The maximum absolute atomic E-state index is 10.3. The van der Waals surface area contributed by atoms with Gasteiger partial charge in [-0.25, -0.2) is 19.6 Å². The summed E-state index contributed by atoms with van der Waals surface area (Å²) in [4.78, 5) is 28.0. The molecule has 23 heavy (non-hydrogen) atoms. The van der Waals surface area contributed by atoms with Crippen LogP contribution in [0.4, 0.5) is 0 Å². The molecule has 1 rings (SSSR count). The van der Waals surface area contributed by atoms with Crippen molar-refractivity contribution < 1.29 is 9.59 Å². The lowest BCUT2D eigenvalue weighted by Crippen LogP contribution is -2.39. The third-order valence-electron chi connectivity index (χ3n) is 3.86. The highest BCUT2D eigenvalue weighted by Gasteiger charge is 2.41. The van der Waals surface area contributed by atoms with E-state index in [0.29, 0.717) is 6.54 Å². The normalized spacial score (nSPS) is 25.6. The number of aliphatic imine (C=N–C) groups is 2. The van der Waals surface area contributed by atoms with Crippen molar-refractivity contribution in [2.75, 3.05) is 27.2 Å². The molecule has 1 aliphatic carbocycles. The van der Waals surface area contributed by atoms with Crippen molar-refractivity contribution in [3.8, 4) is 0 Å². The minimum Gasteiger partial charge on any atom is -0.256 e. The molecule has 6 nitrogen and oxygen atoms in total. The minimum absolute atomic E-state index is 0.00750. The molecule has 0 radical (unpaired) electrons. The molecule has 2 unspecified atom stereocenters. The maximum Gasteiger partial charge on any atom is 0.235 e. The molecule has 0 heterocycles. The number of hydrogen-bond acceptors (Lipinski definition) is 6. The van der Waals surface area contributed by atoms with Gasteiger partial charge >= 0.3 is 0 Å². The van der Waals surface area contributed by atoms with E-state index in [9.17, 15) is 9.59 Å². The molecule has 132 valence electrons. The first-order chi connectivity index (χ1) is 10.7. The van der Waals surface area contributed by atoms with Crippen LogP contribution in [0.15, 0.2) is 9.98 Å². The van der Waals surface area contributed by atoms with Crippen LogP contribution in [0.25, 0.3) is 0 Å². The summed E-state index contributed by atoms with van der Waals surface area (Å²) < 4.78 is 0. The van der Waals surface area contributed by atoms with Crippen molar-refractivity contribution in [1.82, 2.24) is 10.4 Å². The predicted octanol–water partition coefficient (Wildman–Crippen LogP) is 2.71. The molecule has 0 bridgehead atoms. The third kappa shape index (κ3) is 10.1. The SMILES string of the molecule is CC1(C)CC(N=C=O)CC(C)(CN=C=O)C1.CCCNN(C)C. The summed E-state index contributed by atoms with van der Waals surface area (Å²) in [6.45, 7) is 10.1. The summed E-state index contributed by atoms with van der Waals surface area (Å²) in [5.41, 5.74) is 3.18. The first-order valence-electron chi connectivity index (χ1n) is 8.19. The fourth-order valence-corrected chi connectivity index (χ4v) is 3.42. The van der Waals surface area contributed by atoms with Crippen LogP contribution in [0.5, 0.6) is 0 Å². The summed E-state index contributed by atoms with van der Waals surface area (Å²) in [6, 6.07) is 0.00750. The van der Waals surface area contributed by atoms with E-state index in [4.69, 9.17) is 0 Å². The molecule has 1 aliphatic rings. The number of hydrazine groups is 1. The van der Waals surface area contributed by atoms with Gasteiger partial charge < -0.3 is 0 Å². The van der Waals surface area contributed by atoms with Crippen LogP contribution in [0.1, 0.15) is 53.4 Å². The van der Waals surface area contributed by atoms with Gasteiger partial charge in [0.15, 0.2) is 0 Å². The van der Waals surface area contributed by atoms with E-state index in [2.05, 4.69) is 43.1 Å². The van der Waals surface area contributed by atoms with Crippen LogP contribution in [-0.4, -0.2) is 50.4 Å². The van der Waals surface area contributed by atoms with E-state index < -0.39 is 0 Å². The number of carbonyl (C=O) groups excluding carboxylic acids is 2. The third-order valence-corrected chi connectivity index (χ3v) is 3.86. The zero-order chi connectivity index (χ0) is 17.9. The summed E-state index contributed by atoms with van der Waals surface area (Å²) in [5, 5.41) is 1.96. The van der Waals surface area contributed by atoms with Crippen molar-refractivity contribution in [1.29, 1.82) is 0 Å². The quantitative estimate of drug-likeness (QED) is 0.463. The van der Waals surface area contributed by atoms with Crippen molar-refractivity contribution >= 4 is 12.2 Å². The van der Waals surface area contributed by atoms with Crippen molar-refractivity contribution in [2.24, 2.45) is 20.8 Å². The number of nitrogens with one attached hydrogen (secondary N) is 1. The van der Waals surface area contributed by atoms with E-state index in [1.54, 1.807) is 12.2 Å². The number of rotatable bonds is 6. The lowest BCUT2D eigenvalue weighted by Gasteiger charge is -2.44. The molecule has 0 spiro atoms. The Morgan fingerprint density at radius 1 is 1.17 bits per heavy atom. The lowest BCUT2D eigenvalue weighted by atomic mass is 9.63. The average Bonchev–Trinajstić information content (AvgIpc) is 2.42. The Kier molecular flexibility index (Phi) is 9.85. The Bertz CT molecular complexity index is 438. The lowest BCUT2D eigenvalue weighted by molar-refractivity contribution is 0.0915. The summed E-state index contributed by atoms with van der Waals surface area (Å²) in [6.07, 6.45) is 7.07. The number of hydrogen-bond donors (Lipinski definition) is 1. The minimum atomic E-state index is -0.0653. The van der Waals surface area contributed by atoms with Crippen molar-refractivity contribution in [2.45, 2.75) is 59.4 Å². The second kappa shape index (κ2) is 10.5. The van der Waals surface area contributed by atoms with E-state index in [1.165, 1.54) is 6.42 Å². The molecule has 0 aliphatic heterocycles. The predicted molar refractivity (Wildman–Crippen MR) is 92.6 cm³/mol. The van der Waals surface area contributed by atoms with E-state index in [-0.39, 0.29) is 16.9 Å². The van der Waals surface area contributed by atoms with Gasteiger partial charge in [0.1, 0.15) is 0 Å². The molecular weight excluding hydrogens is 292 g/mol. The van der Waals surface area contributed by atoms with Gasteiger partial charge in [-0.1, -0.05) is 27.7 Å². The highest BCUT2D eigenvalue weighted by molar-refractivity contribution is 5.34. The van der Waals surface area contributed by atoms with Gasteiger partial charge in [-0.05, 0) is 36.5 Å². The molecule has 1 N–H and O–H groups in total. The van der Waals surface area contributed by atoms with Gasteiger partial charge in [-0.15, -0.1) is 0 Å². The van der Waals surface area contributed by atoms with Gasteiger partial charge in [0.05, 0.1) is 12.6 Å². The topological polar surface area (TPSA) is 74.1 Å². The Balaban J connectivity index is 0.000000585. The van der Waals surface area contributed by atoms with Crippen molar-refractivity contribution in [3.05, 3.63) is 0 Å². The van der Waals surface area contributed by atoms with Gasteiger partial charge in [-0.3, -0.25) is 10.4 Å². The Labute approximate surface area is 140 Å². The Morgan fingerprint density at radius 3 is 2.26 bits per heavy atom. The summed E-state index contributed by atoms with van der Waals surface area (Å²) >= 11 is 0. The van der Waals surface area contributed by atoms with E-state index in [0.717, 1.165) is 25.8 Å². The number of isocyanates is 2. The first-order valence-corrected chi connectivity index (χ1v) is 8.19. The molecule has 0 saturated heterocycles. The van der Waals surface area contributed by atoms with Crippen LogP contribution in [0.2, 0.25) is 0 Å². The highest BCUT2D eigenvalue weighted by atomic mass is 16.1. The molecule has 2 atom stereocenters. The first kappa shape index (κ1) is 21.7. The van der Waals surface area contributed by atoms with Gasteiger partial charge in [-0.2, -0.15) is 0 Å². The Morgan fingerprint density at radius 2 is 1.83 bits per heavy atom. The fraction of sp³-hybridized carbons (Fsp3) is 0.882. The van der Waals surface area contributed by atoms with Crippen LogP contribution in [0.3, 0.4) is 0 Å². The maximum atomic E-state index is 10.3. The zero-order valence-electron chi connectivity index (χ0n) is 15.5. The molecule has 0 aromatic carbocycles. The zero-order valence-corrected chi connectivity index (χ0v) is 15.5. The summed E-state index contributed by atoms with van der Waals surface area (Å²) in [5.74, 6) is 0. The molecule has 0 amide bonds. The van der Waals surface area contributed by atoms with Gasteiger partial charge in [0, 0.05) is 20.6 Å². The second-order valence-electron chi connectivity index (χ2n) is 7.64. The number of nitrogens with zero attached hydrogens (tertiary/aromatic N) is 3. The molecule has 6 heteroatoms. The largest absolute Gasteiger partial charge is 0.256 e. The van der Waals surface area contributed by atoms with Crippen molar-refractivity contribution in [3.63, 3.8) is 0 Å². The monoisotopic (exact) mass is 324 g/mol. The van der Waals surface area contributed by atoms with Crippen LogP contribution < -0.4 is 5.43 Å². The van der Waals surface area contributed by atoms with Gasteiger partial charge in [0.2, 0.25) is 12.2 Å². The molecule has 0 aromatic rings. The molecule has 1 saturated carbocycles. The van der Waals surface area contributed by atoms with Crippen LogP contribution in [-0.2, 0) is 9.59 Å². The molecular formula is C17H32N4O2. The second-order valence-corrected chi connectivity index (χ2v) is 7.64. The van der Waals surface area contributed by atoms with Gasteiger partial charge in [0.25, 0.3) is 0 Å². The Hall–Kier alpha value is -1.32. The van der Waals surface area contributed by atoms with E-state index >= 15 is 0 Å². The summed E-state index contributed by atoms with van der Waals surface area (Å²) in [7, 11) is 3.99. The molecule has 1 fully saturated rings. The smallest absolute Gasteiger partial charge is 0.235 e.